The van der Waals surface area contributed by atoms with Gasteiger partial charge in [0.2, 0.25) is 5.09 Å². The molecule has 1 saturated carbocycles. The van der Waals surface area contributed by atoms with Crippen molar-refractivity contribution in [1.82, 2.24) is 14.9 Å². The van der Waals surface area contributed by atoms with Gasteiger partial charge in [-0.15, -0.1) is 0 Å². The minimum Gasteiger partial charge on any atom is -0.447 e. The third-order valence-electron chi connectivity index (χ3n) is 3.37. The maximum Gasteiger partial charge on any atom is 0.273 e. The van der Waals surface area contributed by atoms with Gasteiger partial charge in [-0.2, -0.15) is 0 Å². The summed E-state index contributed by atoms with van der Waals surface area (Å²) in [7, 11) is 0.487. The molecule has 1 aromatic heterocycles. The number of furan rings is 1. The van der Waals surface area contributed by atoms with E-state index in [9.17, 15) is 8.42 Å². The van der Waals surface area contributed by atoms with Crippen molar-refractivity contribution in [3.8, 4) is 0 Å². The molecular formula is C14H25N3O3S. The fourth-order valence-electron chi connectivity index (χ4n) is 1.96. The predicted octanol–water partition coefficient (Wildman–Crippen LogP) is 1.15. The van der Waals surface area contributed by atoms with Gasteiger partial charge in [-0.25, -0.2) is 13.1 Å². The highest BCUT2D eigenvalue weighted by molar-refractivity contribution is 7.89. The van der Waals surface area contributed by atoms with Gasteiger partial charge < -0.3 is 14.6 Å². The lowest BCUT2D eigenvalue weighted by molar-refractivity contribution is 0.391. The minimum atomic E-state index is -3.52. The molecule has 1 heterocycles. The van der Waals surface area contributed by atoms with Gasteiger partial charge in [0.05, 0.1) is 6.54 Å². The first-order valence-electron chi connectivity index (χ1n) is 7.44. The second kappa shape index (κ2) is 7.40. The van der Waals surface area contributed by atoms with Gasteiger partial charge in [0.1, 0.15) is 5.76 Å². The molecule has 0 atom stereocenters. The van der Waals surface area contributed by atoms with Gasteiger partial charge in [-0.1, -0.05) is 0 Å². The van der Waals surface area contributed by atoms with Gasteiger partial charge in [-0.05, 0) is 58.5 Å². The van der Waals surface area contributed by atoms with Crippen molar-refractivity contribution in [3.05, 3.63) is 17.9 Å². The van der Waals surface area contributed by atoms with Crippen LogP contribution in [0, 0.1) is 0 Å². The van der Waals surface area contributed by atoms with E-state index in [-0.39, 0.29) is 5.09 Å². The third kappa shape index (κ3) is 5.78. The first-order chi connectivity index (χ1) is 9.97. The van der Waals surface area contributed by atoms with E-state index in [1.807, 2.05) is 14.1 Å². The molecule has 2 N–H and O–H groups in total. The van der Waals surface area contributed by atoms with Crippen molar-refractivity contribution >= 4 is 10.0 Å². The summed E-state index contributed by atoms with van der Waals surface area (Å²) in [5.74, 6) is 0.662. The lowest BCUT2D eigenvalue weighted by atomic mass is 10.3. The van der Waals surface area contributed by atoms with Crippen LogP contribution in [0.4, 0.5) is 0 Å². The second-order valence-electron chi connectivity index (χ2n) is 5.78. The highest BCUT2D eigenvalue weighted by atomic mass is 32.2. The van der Waals surface area contributed by atoms with Gasteiger partial charge in [0, 0.05) is 12.6 Å². The van der Waals surface area contributed by atoms with E-state index in [0.29, 0.717) is 24.9 Å². The molecule has 1 aliphatic carbocycles. The Hall–Kier alpha value is -0.890. The fourth-order valence-corrected chi connectivity index (χ4v) is 2.98. The molecule has 1 aliphatic rings. The summed E-state index contributed by atoms with van der Waals surface area (Å²) >= 11 is 0. The number of hydrogen-bond donors (Lipinski definition) is 2. The minimum absolute atomic E-state index is 0.00251. The molecule has 0 radical (unpaired) electrons. The third-order valence-corrected chi connectivity index (χ3v) is 4.70. The molecule has 7 heteroatoms. The maximum atomic E-state index is 12.1. The Bertz CT molecular complexity index is 535. The number of nitrogens with one attached hydrogen (secondary N) is 2. The standard InChI is InChI=1S/C14H25N3O3S/c1-17(2)10-4-3-9-16-21(18,19)14-8-7-13(20-14)11-15-12-5-6-12/h7-8,12,15-16H,3-6,9-11H2,1-2H3. The average molecular weight is 315 g/mol. The van der Waals surface area contributed by atoms with E-state index in [2.05, 4.69) is 14.9 Å². The molecule has 0 spiro atoms. The highest BCUT2D eigenvalue weighted by Gasteiger charge is 2.22. The molecule has 0 unspecified atom stereocenters. The zero-order chi connectivity index (χ0) is 15.3. The first kappa shape index (κ1) is 16.5. The SMILES string of the molecule is CN(C)CCCCNS(=O)(=O)c1ccc(CNC2CC2)o1. The summed E-state index contributed by atoms with van der Waals surface area (Å²) < 4.78 is 32.1. The van der Waals surface area contributed by atoms with Gasteiger partial charge >= 0.3 is 0 Å². The maximum absolute atomic E-state index is 12.1. The lowest BCUT2D eigenvalue weighted by Gasteiger charge is -2.09. The smallest absolute Gasteiger partial charge is 0.273 e. The van der Waals surface area contributed by atoms with E-state index in [0.717, 1.165) is 19.4 Å². The van der Waals surface area contributed by atoms with Crippen LogP contribution in [-0.4, -0.2) is 46.5 Å². The topological polar surface area (TPSA) is 74.6 Å². The zero-order valence-electron chi connectivity index (χ0n) is 12.8. The summed E-state index contributed by atoms with van der Waals surface area (Å²) in [6.45, 7) is 1.98. The Morgan fingerprint density at radius 1 is 1.29 bits per heavy atom. The Morgan fingerprint density at radius 3 is 2.71 bits per heavy atom. The van der Waals surface area contributed by atoms with E-state index in [1.54, 1.807) is 6.07 Å². The van der Waals surface area contributed by atoms with Crippen molar-refractivity contribution in [2.75, 3.05) is 27.2 Å². The summed E-state index contributed by atoms with van der Waals surface area (Å²) in [4.78, 5) is 2.08. The Morgan fingerprint density at radius 2 is 2.05 bits per heavy atom. The largest absolute Gasteiger partial charge is 0.447 e. The van der Waals surface area contributed by atoms with Crippen LogP contribution in [0.1, 0.15) is 31.4 Å². The highest BCUT2D eigenvalue weighted by Crippen LogP contribution is 2.20. The fraction of sp³-hybridized carbons (Fsp3) is 0.714. The molecule has 0 saturated heterocycles. The molecular weight excluding hydrogens is 290 g/mol. The Kier molecular flexibility index (Phi) is 5.80. The summed E-state index contributed by atoms with van der Waals surface area (Å²) in [5.41, 5.74) is 0. The molecule has 2 rings (SSSR count). The lowest BCUT2D eigenvalue weighted by Crippen LogP contribution is -2.25. The van der Waals surface area contributed by atoms with E-state index >= 15 is 0 Å². The van der Waals surface area contributed by atoms with Gasteiger partial charge in [-0.3, -0.25) is 0 Å². The van der Waals surface area contributed by atoms with Crippen molar-refractivity contribution < 1.29 is 12.8 Å². The van der Waals surface area contributed by atoms with Crippen LogP contribution < -0.4 is 10.0 Å². The van der Waals surface area contributed by atoms with Crippen LogP contribution in [0.3, 0.4) is 0 Å². The molecule has 1 aromatic rings. The molecule has 0 aromatic carbocycles. The van der Waals surface area contributed by atoms with Crippen LogP contribution in [0.25, 0.3) is 0 Å². The van der Waals surface area contributed by atoms with Crippen LogP contribution >= 0.6 is 0 Å². The van der Waals surface area contributed by atoms with Crippen LogP contribution in [0.15, 0.2) is 21.6 Å². The normalized spacial score (nSPS) is 15.8. The first-order valence-corrected chi connectivity index (χ1v) is 8.92. The quantitative estimate of drug-likeness (QED) is 0.634. The monoisotopic (exact) mass is 315 g/mol. The van der Waals surface area contributed by atoms with E-state index in [4.69, 9.17) is 4.42 Å². The zero-order valence-corrected chi connectivity index (χ0v) is 13.6. The summed E-state index contributed by atoms with van der Waals surface area (Å²) in [6, 6.07) is 3.81. The number of sulfonamides is 1. The van der Waals surface area contributed by atoms with Crippen molar-refractivity contribution in [2.45, 2.75) is 43.4 Å². The van der Waals surface area contributed by atoms with E-state index < -0.39 is 10.0 Å². The molecule has 0 amide bonds. The van der Waals surface area contributed by atoms with Gasteiger partial charge in [0.25, 0.3) is 10.0 Å². The predicted molar refractivity (Wildman–Crippen MR) is 81.5 cm³/mol. The van der Waals surface area contributed by atoms with E-state index in [1.165, 1.54) is 18.9 Å². The number of hydrogen-bond acceptors (Lipinski definition) is 5. The van der Waals surface area contributed by atoms with Gasteiger partial charge in [0.15, 0.2) is 0 Å². The number of unbranched alkanes of at least 4 members (excludes halogenated alkanes) is 1. The summed E-state index contributed by atoms with van der Waals surface area (Å²) in [6.07, 6.45) is 4.17. The molecule has 6 nitrogen and oxygen atoms in total. The molecule has 0 aliphatic heterocycles. The van der Waals surface area contributed by atoms with Crippen molar-refractivity contribution in [1.29, 1.82) is 0 Å². The number of nitrogens with zero attached hydrogens (tertiary/aromatic N) is 1. The number of rotatable bonds is 10. The van der Waals surface area contributed by atoms with Crippen LogP contribution in [0.5, 0.6) is 0 Å². The average Bonchev–Trinajstić information content (AvgIpc) is 3.11. The molecule has 1 fully saturated rings. The molecule has 0 bridgehead atoms. The van der Waals surface area contributed by atoms with Crippen molar-refractivity contribution in [3.63, 3.8) is 0 Å². The second-order valence-corrected chi connectivity index (χ2v) is 7.48. The van der Waals surface area contributed by atoms with Crippen LogP contribution in [-0.2, 0) is 16.6 Å². The Balaban J connectivity index is 1.75. The molecule has 120 valence electrons. The van der Waals surface area contributed by atoms with Crippen molar-refractivity contribution in [2.24, 2.45) is 0 Å². The van der Waals surface area contributed by atoms with Crippen LogP contribution in [0.2, 0.25) is 0 Å². The summed E-state index contributed by atoms with van der Waals surface area (Å²) in [5, 5.41) is 3.30. The molecule has 21 heavy (non-hydrogen) atoms. The Labute approximate surface area is 126 Å².